The molecule has 0 amide bonds. The Hall–Kier alpha value is -0.920. The third kappa shape index (κ3) is 4.59. The van der Waals surface area contributed by atoms with Gasteiger partial charge in [0.1, 0.15) is 11.3 Å². The zero-order chi connectivity index (χ0) is 13.6. The second-order valence-corrected chi connectivity index (χ2v) is 6.31. The van der Waals surface area contributed by atoms with Crippen LogP contribution in [0.5, 0.6) is 0 Å². The third-order valence-electron chi connectivity index (χ3n) is 3.59. The minimum Gasteiger partial charge on any atom is -0.468 e. The summed E-state index contributed by atoms with van der Waals surface area (Å²) in [7, 11) is 0. The van der Waals surface area contributed by atoms with Gasteiger partial charge in [0.15, 0.2) is 0 Å². The van der Waals surface area contributed by atoms with E-state index in [1.165, 1.54) is 12.8 Å². The number of hydrogen-bond acceptors (Lipinski definition) is 4. The maximum atomic E-state index is 9.43. The van der Waals surface area contributed by atoms with Crippen molar-refractivity contribution in [2.24, 2.45) is 0 Å². The Balaban J connectivity index is 1.65. The van der Waals surface area contributed by atoms with Crippen molar-refractivity contribution < 1.29 is 4.42 Å². The number of thioether (sulfide) groups is 1. The standard InChI is InChI=1S/C15H22N2OS/c1-2-15(12-16,17-13-6-7-13)8-4-10-19-11-14-5-3-9-18-14/h3,5,9,13,17H,2,4,6-8,10-11H2,1H3. The zero-order valence-corrected chi connectivity index (χ0v) is 12.3. The van der Waals surface area contributed by atoms with Crippen LogP contribution in [0, 0.1) is 11.3 Å². The van der Waals surface area contributed by atoms with Crippen molar-refractivity contribution >= 4 is 11.8 Å². The van der Waals surface area contributed by atoms with Gasteiger partial charge >= 0.3 is 0 Å². The highest BCUT2D eigenvalue weighted by Crippen LogP contribution is 2.27. The van der Waals surface area contributed by atoms with Crippen molar-refractivity contribution in [3.63, 3.8) is 0 Å². The molecule has 1 atom stereocenters. The average molecular weight is 278 g/mol. The number of hydrogen-bond donors (Lipinski definition) is 1. The summed E-state index contributed by atoms with van der Waals surface area (Å²) in [6.07, 6.45) is 7.09. The van der Waals surface area contributed by atoms with Gasteiger partial charge in [0.2, 0.25) is 0 Å². The average Bonchev–Trinajstić information content (AvgIpc) is 3.09. The first-order valence-corrected chi connectivity index (χ1v) is 8.22. The number of nitriles is 1. The molecule has 0 bridgehead atoms. The van der Waals surface area contributed by atoms with Gasteiger partial charge in [-0.2, -0.15) is 17.0 Å². The normalized spacial score (nSPS) is 17.9. The van der Waals surface area contributed by atoms with Crippen molar-refractivity contribution in [3.05, 3.63) is 24.2 Å². The molecule has 0 radical (unpaired) electrons. The Labute approximate surface area is 119 Å². The molecule has 1 heterocycles. The van der Waals surface area contributed by atoms with Crippen LogP contribution in [0.1, 0.15) is 44.8 Å². The lowest BCUT2D eigenvalue weighted by molar-refractivity contribution is 0.367. The van der Waals surface area contributed by atoms with Gasteiger partial charge in [-0.25, -0.2) is 0 Å². The lowest BCUT2D eigenvalue weighted by atomic mass is 9.92. The molecule has 3 nitrogen and oxygen atoms in total. The van der Waals surface area contributed by atoms with Crippen LogP contribution in [-0.2, 0) is 5.75 Å². The molecule has 104 valence electrons. The number of rotatable bonds is 9. The van der Waals surface area contributed by atoms with Crippen LogP contribution in [0.4, 0.5) is 0 Å². The van der Waals surface area contributed by atoms with Crippen LogP contribution in [0.2, 0.25) is 0 Å². The van der Waals surface area contributed by atoms with E-state index in [1.54, 1.807) is 6.26 Å². The highest BCUT2D eigenvalue weighted by atomic mass is 32.2. The molecule has 1 unspecified atom stereocenters. The van der Waals surface area contributed by atoms with Gasteiger partial charge in [-0.15, -0.1) is 0 Å². The van der Waals surface area contributed by atoms with E-state index in [2.05, 4.69) is 18.3 Å². The van der Waals surface area contributed by atoms with Crippen molar-refractivity contribution in [2.45, 2.75) is 56.4 Å². The first kappa shape index (κ1) is 14.5. The molecule has 0 spiro atoms. The monoisotopic (exact) mass is 278 g/mol. The summed E-state index contributed by atoms with van der Waals surface area (Å²) >= 11 is 1.88. The predicted molar refractivity (Wildman–Crippen MR) is 78.9 cm³/mol. The van der Waals surface area contributed by atoms with Crippen LogP contribution < -0.4 is 5.32 Å². The summed E-state index contributed by atoms with van der Waals surface area (Å²) < 4.78 is 5.30. The van der Waals surface area contributed by atoms with Crippen molar-refractivity contribution in [1.29, 1.82) is 5.26 Å². The van der Waals surface area contributed by atoms with Gasteiger partial charge < -0.3 is 4.42 Å². The van der Waals surface area contributed by atoms with Crippen LogP contribution in [0.25, 0.3) is 0 Å². The molecule has 19 heavy (non-hydrogen) atoms. The van der Waals surface area contributed by atoms with Crippen molar-refractivity contribution in [3.8, 4) is 6.07 Å². The van der Waals surface area contributed by atoms with E-state index in [9.17, 15) is 5.26 Å². The predicted octanol–water partition coefficient (Wildman–Crippen LogP) is 3.72. The zero-order valence-electron chi connectivity index (χ0n) is 11.5. The minimum absolute atomic E-state index is 0.299. The fourth-order valence-corrected chi connectivity index (χ4v) is 3.04. The Morgan fingerprint density at radius 2 is 2.42 bits per heavy atom. The summed E-state index contributed by atoms with van der Waals surface area (Å²) in [5.41, 5.74) is -0.299. The van der Waals surface area contributed by atoms with Gasteiger partial charge in [0, 0.05) is 6.04 Å². The first-order chi connectivity index (χ1) is 9.28. The van der Waals surface area contributed by atoms with Crippen LogP contribution in [0.15, 0.2) is 22.8 Å². The fourth-order valence-electron chi connectivity index (χ4n) is 2.18. The number of nitrogens with zero attached hydrogens (tertiary/aromatic N) is 1. The summed E-state index contributed by atoms with van der Waals surface area (Å²) in [6.45, 7) is 2.11. The fraction of sp³-hybridized carbons (Fsp3) is 0.667. The first-order valence-electron chi connectivity index (χ1n) is 7.07. The van der Waals surface area contributed by atoms with Gasteiger partial charge in [-0.3, -0.25) is 5.32 Å². The molecule has 1 fully saturated rings. The van der Waals surface area contributed by atoms with E-state index in [-0.39, 0.29) is 5.54 Å². The Kier molecular flexibility index (Phi) is 5.35. The quantitative estimate of drug-likeness (QED) is 0.699. The van der Waals surface area contributed by atoms with Crippen molar-refractivity contribution in [1.82, 2.24) is 5.32 Å². The Morgan fingerprint density at radius 3 is 3.00 bits per heavy atom. The molecule has 2 rings (SSSR count). The highest BCUT2D eigenvalue weighted by molar-refractivity contribution is 7.98. The Morgan fingerprint density at radius 1 is 1.58 bits per heavy atom. The molecule has 0 aromatic carbocycles. The lowest BCUT2D eigenvalue weighted by Crippen LogP contribution is -2.44. The van der Waals surface area contributed by atoms with E-state index in [1.807, 2.05) is 23.9 Å². The molecule has 1 saturated carbocycles. The van der Waals surface area contributed by atoms with Gasteiger partial charge in [0.25, 0.3) is 0 Å². The second kappa shape index (κ2) is 7.02. The van der Waals surface area contributed by atoms with Crippen LogP contribution in [0.3, 0.4) is 0 Å². The molecule has 1 aliphatic rings. The SMILES string of the molecule is CCC(C#N)(CCCSCc1ccco1)NC1CC1. The largest absolute Gasteiger partial charge is 0.468 e. The van der Waals surface area contributed by atoms with Crippen molar-refractivity contribution in [2.75, 3.05) is 5.75 Å². The molecule has 0 saturated heterocycles. The molecular weight excluding hydrogens is 256 g/mol. The maximum absolute atomic E-state index is 9.43. The van der Waals surface area contributed by atoms with Crippen LogP contribution in [-0.4, -0.2) is 17.3 Å². The molecule has 1 aromatic heterocycles. The third-order valence-corrected chi connectivity index (χ3v) is 4.66. The smallest absolute Gasteiger partial charge is 0.113 e. The molecule has 1 aromatic rings. The highest BCUT2D eigenvalue weighted by Gasteiger charge is 2.34. The second-order valence-electron chi connectivity index (χ2n) is 5.20. The van der Waals surface area contributed by atoms with E-state index in [0.29, 0.717) is 6.04 Å². The van der Waals surface area contributed by atoms with Gasteiger partial charge in [-0.05, 0) is 50.0 Å². The van der Waals surface area contributed by atoms with E-state index >= 15 is 0 Å². The summed E-state index contributed by atoms with van der Waals surface area (Å²) in [5.74, 6) is 3.04. The summed E-state index contributed by atoms with van der Waals surface area (Å²) in [6, 6.07) is 7.03. The molecule has 1 N–H and O–H groups in total. The number of nitrogens with one attached hydrogen (secondary N) is 1. The molecule has 4 heteroatoms. The molecule has 0 aliphatic heterocycles. The summed E-state index contributed by atoms with van der Waals surface area (Å²) in [5, 5.41) is 12.9. The number of furan rings is 1. The lowest BCUT2D eigenvalue weighted by Gasteiger charge is -2.26. The molecular formula is C15H22N2OS. The van der Waals surface area contributed by atoms with E-state index < -0.39 is 0 Å². The maximum Gasteiger partial charge on any atom is 0.113 e. The van der Waals surface area contributed by atoms with E-state index in [4.69, 9.17) is 4.42 Å². The molecule has 1 aliphatic carbocycles. The van der Waals surface area contributed by atoms with E-state index in [0.717, 1.165) is 36.5 Å². The van der Waals surface area contributed by atoms with Gasteiger partial charge in [-0.1, -0.05) is 6.92 Å². The van der Waals surface area contributed by atoms with Gasteiger partial charge in [0.05, 0.1) is 18.1 Å². The minimum atomic E-state index is -0.299. The topological polar surface area (TPSA) is 49.0 Å². The summed E-state index contributed by atoms with van der Waals surface area (Å²) in [4.78, 5) is 0. The van der Waals surface area contributed by atoms with Crippen LogP contribution >= 0.6 is 11.8 Å². The Bertz CT molecular complexity index is 408.